The van der Waals surface area contributed by atoms with Gasteiger partial charge in [0.25, 0.3) is 0 Å². The van der Waals surface area contributed by atoms with Crippen LogP contribution in [-0.2, 0) is 13.0 Å². The van der Waals surface area contributed by atoms with Gasteiger partial charge < -0.3 is 4.74 Å². The topological polar surface area (TPSA) is 54.0 Å². The molecule has 3 heterocycles. The number of piperidine rings is 1. The Morgan fingerprint density at radius 3 is 3.04 bits per heavy atom. The van der Waals surface area contributed by atoms with Gasteiger partial charge in [0.15, 0.2) is 5.82 Å². The summed E-state index contributed by atoms with van der Waals surface area (Å²) in [5.74, 6) is 3.38. The van der Waals surface area contributed by atoms with Crippen LogP contribution in [0.2, 0.25) is 0 Å². The number of hydrogen-bond donors (Lipinski definition) is 1. The molecule has 4 rings (SSSR count). The van der Waals surface area contributed by atoms with Crippen molar-refractivity contribution in [3.63, 3.8) is 0 Å². The molecule has 0 saturated carbocycles. The van der Waals surface area contributed by atoms with Crippen molar-refractivity contribution in [2.24, 2.45) is 0 Å². The molecule has 2 aromatic rings. The minimum Gasteiger partial charge on any atom is -0.487 e. The fraction of sp³-hybridized carbons (Fsp3) is 0.579. The van der Waals surface area contributed by atoms with E-state index in [2.05, 4.69) is 52.1 Å². The van der Waals surface area contributed by atoms with Crippen molar-refractivity contribution in [3.8, 4) is 5.75 Å². The van der Waals surface area contributed by atoms with Crippen molar-refractivity contribution < 1.29 is 4.74 Å². The minimum absolute atomic E-state index is 0.0688. The first-order valence-electron chi connectivity index (χ1n) is 8.91. The van der Waals surface area contributed by atoms with Crippen molar-refractivity contribution >= 4 is 0 Å². The van der Waals surface area contributed by atoms with E-state index >= 15 is 0 Å². The molecule has 0 bridgehead atoms. The van der Waals surface area contributed by atoms with Gasteiger partial charge in [0, 0.05) is 25.4 Å². The molecule has 2 aliphatic rings. The fourth-order valence-corrected chi connectivity index (χ4v) is 3.97. The number of nitrogens with zero attached hydrogens (tertiary/aromatic N) is 3. The average Bonchev–Trinajstić information content (AvgIpc) is 3.09. The largest absolute Gasteiger partial charge is 0.487 e. The highest BCUT2D eigenvalue weighted by atomic mass is 16.5. The molecule has 0 aliphatic carbocycles. The molecule has 5 heteroatoms. The molecule has 5 nitrogen and oxygen atoms in total. The highest BCUT2D eigenvalue weighted by Gasteiger charge is 2.30. The van der Waals surface area contributed by atoms with Crippen LogP contribution in [0.5, 0.6) is 5.75 Å². The summed E-state index contributed by atoms with van der Waals surface area (Å²) in [4.78, 5) is 7.06. The minimum atomic E-state index is -0.0688. The molecule has 0 radical (unpaired) electrons. The third-order valence-corrected chi connectivity index (χ3v) is 5.02. The van der Waals surface area contributed by atoms with Gasteiger partial charge in [0.05, 0.1) is 0 Å². The predicted molar refractivity (Wildman–Crippen MR) is 93.2 cm³/mol. The Labute approximate surface area is 143 Å². The molecule has 0 spiro atoms. The summed E-state index contributed by atoms with van der Waals surface area (Å²) in [5, 5.41) is 7.34. The first-order chi connectivity index (χ1) is 11.5. The zero-order valence-corrected chi connectivity index (χ0v) is 14.8. The first kappa shape index (κ1) is 15.6. The molecule has 0 unspecified atom stereocenters. The maximum Gasteiger partial charge on any atom is 0.155 e. The second kappa shape index (κ2) is 5.88. The lowest BCUT2D eigenvalue weighted by molar-refractivity contribution is 0.138. The quantitative estimate of drug-likeness (QED) is 0.941. The third kappa shape index (κ3) is 3.18. The van der Waals surface area contributed by atoms with Gasteiger partial charge in [-0.05, 0) is 57.4 Å². The van der Waals surface area contributed by atoms with Gasteiger partial charge in [-0.3, -0.25) is 10.00 Å². The van der Waals surface area contributed by atoms with Crippen LogP contribution in [0.3, 0.4) is 0 Å². The van der Waals surface area contributed by atoms with E-state index in [-0.39, 0.29) is 5.60 Å². The van der Waals surface area contributed by atoms with Crippen LogP contribution in [0.4, 0.5) is 0 Å². The number of rotatable bonds is 3. The van der Waals surface area contributed by atoms with Gasteiger partial charge in [-0.2, -0.15) is 5.10 Å². The standard InChI is InChI=1S/C19H26N4O/c1-13-20-18(22-21-13)15-5-4-8-23(12-15)11-14-6-7-17-16(9-14)10-19(2,3)24-17/h6-7,9,15H,4-5,8,10-12H2,1-3H3,(H,20,21,22)/t15-/m0/s1. The van der Waals surface area contributed by atoms with Crippen LogP contribution < -0.4 is 4.74 Å². The summed E-state index contributed by atoms with van der Waals surface area (Å²) in [6.07, 6.45) is 3.38. The monoisotopic (exact) mass is 326 g/mol. The van der Waals surface area contributed by atoms with Crippen LogP contribution in [0, 0.1) is 6.92 Å². The van der Waals surface area contributed by atoms with E-state index in [1.165, 1.54) is 24.0 Å². The fourth-order valence-electron chi connectivity index (χ4n) is 3.97. The summed E-state index contributed by atoms with van der Waals surface area (Å²) in [6.45, 7) is 9.45. The molecular weight excluding hydrogens is 300 g/mol. The van der Waals surface area contributed by atoms with Crippen molar-refractivity contribution in [2.45, 2.75) is 58.1 Å². The van der Waals surface area contributed by atoms with Gasteiger partial charge in [0.2, 0.25) is 0 Å². The van der Waals surface area contributed by atoms with Gasteiger partial charge in [0.1, 0.15) is 17.2 Å². The number of aromatic nitrogens is 3. The summed E-state index contributed by atoms with van der Waals surface area (Å²) in [5.41, 5.74) is 2.65. The number of hydrogen-bond acceptors (Lipinski definition) is 4. The summed E-state index contributed by atoms with van der Waals surface area (Å²) in [6, 6.07) is 6.67. The van der Waals surface area contributed by atoms with Crippen molar-refractivity contribution in [1.82, 2.24) is 20.1 Å². The van der Waals surface area contributed by atoms with Crippen LogP contribution in [0.25, 0.3) is 0 Å². The van der Waals surface area contributed by atoms with Crippen LogP contribution in [0.15, 0.2) is 18.2 Å². The Bertz CT molecular complexity index is 737. The maximum absolute atomic E-state index is 5.98. The van der Waals surface area contributed by atoms with Gasteiger partial charge >= 0.3 is 0 Å². The van der Waals surface area contributed by atoms with Crippen molar-refractivity contribution in [3.05, 3.63) is 41.0 Å². The summed E-state index contributed by atoms with van der Waals surface area (Å²) in [7, 11) is 0. The normalized spacial score (nSPS) is 23.0. The zero-order chi connectivity index (χ0) is 16.7. The number of nitrogens with one attached hydrogen (secondary N) is 1. The molecule has 128 valence electrons. The highest BCUT2D eigenvalue weighted by Crippen LogP contribution is 2.35. The highest BCUT2D eigenvalue weighted by molar-refractivity contribution is 5.41. The van der Waals surface area contributed by atoms with Crippen LogP contribution in [0.1, 0.15) is 55.4 Å². The maximum atomic E-state index is 5.98. The molecule has 1 N–H and O–H groups in total. The number of aromatic amines is 1. The van der Waals surface area contributed by atoms with Crippen LogP contribution in [-0.4, -0.2) is 38.8 Å². The van der Waals surface area contributed by atoms with E-state index in [1.54, 1.807) is 0 Å². The Kier molecular flexibility index (Phi) is 3.83. The zero-order valence-electron chi connectivity index (χ0n) is 14.8. The van der Waals surface area contributed by atoms with Gasteiger partial charge in [-0.15, -0.1) is 0 Å². The Morgan fingerprint density at radius 2 is 2.25 bits per heavy atom. The molecule has 1 atom stereocenters. The number of aryl methyl sites for hydroxylation is 1. The van der Waals surface area contributed by atoms with E-state index in [0.29, 0.717) is 5.92 Å². The van der Waals surface area contributed by atoms with Gasteiger partial charge in [-0.25, -0.2) is 4.98 Å². The molecule has 0 amide bonds. The third-order valence-electron chi connectivity index (χ3n) is 5.02. The second-order valence-corrected chi connectivity index (χ2v) is 7.83. The average molecular weight is 326 g/mol. The molecular formula is C19H26N4O. The van der Waals surface area contributed by atoms with E-state index in [1.807, 2.05) is 6.92 Å². The SMILES string of the molecule is Cc1nc([C@H]2CCCN(Cc3ccc4c(c3)CC(C)(C)O4)C2)n[nH]1. The van der Waals surface area contributed by atoms with Gasteiger partial charge in [-0.1, -0.05) is 12.1 Å². The molecule has 1 aromatic carbocycles. The van der Waals surface area contributed by atoms with E-state index in [4.69, 9.17) is 4.74 Å². The summed E-state index contributed by atoms with van der Waals surface area (Å²) >= 11 is 0. The molecule has 1 aromatic heterocycles. The summed E-state index contributed by atoms with van der Waals surface area (Å²) < 4.78 is 5.98. The Hall–Kier alpha value is -1.88. The smallest absolute Gasteiger partial charge is 0.155 e. The van der Waals surface area contributed by atoms with Crippen molar-refractivity contribution in [2.75, 3.05) is 13.1 Å². The number of H-pyrrole nitrogens is 1. The second-order valence-electron chi connectivity index (χ2n) is 7.83. The number of ether oxygens (including phenoxy) is 1. The lowest BCUT2D eigenvalue weighted by Crippen LogP contribution is -2.34. The molecule has 24 heavy (non-hydrogen) atoms. The molecule has 2 aliphatic heterocycles. The Balaban J connectivity index is 1.44. The first-order valence-corrected chi connectivity index (χ1v) is 8.91. The lowest BCUT2D eigenvalue weighted by Gasteiger charge is -2.31. The predicted octanol–water partition coefficient (Wildman–Crippen LogP) is 3.21. The number of fused-ring (bicyclic) bond motifs is 1. The number of likely N-dealkylation sites (tertiary alicyclic amines) is 1. The van der Waals surface area contributed by atoms with Crippen LogP contribution >= 0.6 is 0 Å². The number of benzene rings is 1. The molecule has 1 fully saturated rings. The Morgan fingerprint density at radius 1 is 1.38 bits per heavy atom. The molecule has 1 saturated heterocycles. The van der Waals surface area contributed by atoms with E-state index in [0.717, 1.165) is 43.5 Å². The van der Waals surface area contributed by atoms with E-state index < -0.39 is 0 Å². The van der Waals surface area contributed by atoms with E-state index in [9.17, 15) is 0 Å². The van der Waals surface area contributed by atoms with Crippen molar-refractivity contribution in [1.29, 1.82) is 0 Å². The lowest BCUT2D eigenvalue weighted by atomic mass is 9.96.